The molecule has 4 N–H and O–H groups in total. The van der Waals surface area contributed by atoms with Gasteiger partial charge in [-0.05, 0) is 43.5 Å². The molecule has 4 nitrogen and oxygen atoms in total. The third-order valence-corrected chi connectivity index (χ3v) is 6.11. The van der Waals surface area contributed by atoms with Crippen molar-refractivity contribution in [2.75, 3.05) is 10.6 Å². The van der Waals surface area contributed by atoms with Gasteiger partial charge in [0.15, 0.2) is 0 Å². The summed E-state index contributed by atoms with van der Waals surface area (Å²) in [5, 5.41) is 7.13. The van der Waals surface area contributed by atoms with Gasteiger partial charge in [-0.25, -0.2) is 0 Å². The van der Waals surface area contributed by atoms with Crippen molar-refractivity contribution in [3.8, 4) is 0 Å². The maximum absolute atomic E-state index is 12.7. The van der Waals surface area contributed by atoms with E-state index in [4.69, 9.17) is 17.3 Å². The van der Waals surface area contributed by atoms with Crippen LogP contribution in [0, 0.1) is 5.92 Å². The molecule has 0 aromatic heterocycles. The SMILES string of the molecule is NC1CCCC(C(=O)Nc2cc(Cl)cc3c2Nc2ccccc2S3)C1. The number of nitrogens with one attached hydrogen (secondary N) is 2. The Balaban J connectivity index is 1.61. The molecule has 1 aliphatic carbocycles. The highest BCUT2D eigenvalue weighted by Gasteiger charge is 2.27. The van der Waals surface area contributed by atoms with E-state index in [2.05, 4.69) is 16.7 Å². The summed E-state index contributed by atoms with van der Waals surface area (Å²) in [4.78, 5) is 14.9. The average molecular weight is 374 g/mol. The fourth-order valence-electron chi connectivity index (χ4n) is 3.50. The summed E-state index contributed by atoms with van der Waals surface area (Å²) in [6, 6.07) is 12.0. The van der Waals surface area contributed by atoms with Gasteiger partial charge >= 0.3 is 0 Å². The predicted octanol–water partition coefficient (Wildman–Crippen LogP) is 5.00. The monoisotopic (exact) mass is 373 g/mol. The van der Waals surface area contributed by atoms with Crippen molar-refractivity contribution >= 4 is 46.3 Å². The summed E-state index contributed by atoms with van der Waals surface area (Å²) in [5.74, 6) is 0.00665. The number of carbonyl (C=O) groups excluding carboxylic acids is 1. The molecule has 0 saturated heterocycles. The van der Waals surface area contributed by atoms with Crippen LogP contribution >= 0.6 is 23.4 Å². The number of nitrogens with two attached hydrogens (primary N) is 1. The summed E-state index contributed by atoms with van der Waals surface area (Å²) < 4.78 is 0. The fraction of sp³-hybridized carbons (Fsp3) is 0.316. The molecule has 2 unspecified atom stereocenters. The van der Waals surface area contributed by atoms with E-state index in [1.54, 1.807) is 11.8 Å². The van der Waals surface area contributed by atoms with Crippen LogP contribution in [0.25, 0.3) is 0 Å². The van der Waals surface area contributed by atoms with Gasteiger partial charge in [0.2, 0.25) is 5.91 Å². The number of benzene rings is 2. The molecule has 2 aromatic carbocycles. The molecule has 0 radical (unpaired) electrons. The summed E-state index contributed by atoms with van der Waals surface area (Å²) in [6.07, 6.45) is 3.66. The highest BCUT2D eigenvalue weighted by molar-refractivity contribution is 7.99. The molecule has 1 amide bonds. The van der Waals surface area contributed by atoms with Gasteiger partial charge in [-0.1, -0.05) is 41.9 Å². The van der Waals surface area contributed by atoms with Gasteiger partial charge < -0.3 is 16.4 Å². The number of hydrogen-bond acceptors (Lipinski definition) is 4. The Labute approximate surface area is 156 Å². The number of rotatable bonds is 2. The Hall–Kier alpha value is -1.69. The molecule has 1 saturated carbocycles. The lowest BCUT2D eigenvalue weighted by Crippen LogP contribution is -2.34. The Kier molecular flexibility index (Phi) is 4.63. The van der Waals surface area contributed by atoms with E-state index in [0.717, 1.165) is 52.5 Å². The second kappa shape index (κ2) is 6.90. The molecule has 6 heteroatoms. The lowest BCUT2D eigenvalue weighted by atomic mass is 9.85. The number of halogens is 1. The first kappa shape index (κ1) is 16.8. The molecule has 0 spiro atoms. The number of para-hydroxylation sites is 1. The van der Waals surface area contributed by atoms with Gasteiger partial charge in [0.25, 0.3) is 0 Å². The van der Waals surface area contributed by atoms with E-state index >= 15 is 0 Å². The molecule has 1 fully saturated rings. The summed E-state index contributed by atoms with van der Waals surface area (Å²) in [5.41, 5.74) is 8.70. The molecule has 0 bridgehead atoms. The van der Waals surface area contributed by atoms with Crippen molar-refractivity contribution < 1.29 is 4.79 Å². The van der Waals surface area contributed by atoms with Crippen LogP contribution in [0.1, 0.15) is 25.7 Å². The Morgan fingerprint density at radius 1 is 1.24 bits per heavy atom. The first-order valence-electron chi connectivity index (χ1n) is 8.54. The largest absolute Gasteiger partial charge is 0.352 e. The summed E-state index contributed by atoms with van der Waals surface area (Å²) in [7, 11) is 0. The molecule has 2 aromatic rings. The third-order valence-electron chi connectivity index (χ3n) is 4.78. The van der Waals surface area contributed by atoms with E-state index in [-0.39, 0.29) is 17.9 Å². The number of fused-ring (bicyclic) bond motifs is 2. The van der Waals surface area contributed by atoms with Gasteiger partial charge in [-0.15, -0.1) is 0 Å². The van der Waals surface area contributed by atoms with Crippen molar-refractivity contribution in [3.05, 3.63) is 41.4 Å². The normalized spacial score (nSPS) is 21.7. The maximum Gasteiger partial charge on any atom is 0.227 e. The third kappa shape index (κ3) is 3.50. The molecule has 2 atom stereocenters. The van der Waals surface area contributed by atoms with Crippen LogP contribution in [0.3, 0.4) is 0 Å². The van der Waals surface area contributed by atoms with E-state index in [0.29, 0.717) is 5.02 Å². The summed E-state index contributed by atoms with van der Waals surface area (Å²) >= 11 is 7.94. The van der Waals surface area contributed by atoms with E-state index < -0.39 is 0 Å². The van der Waals surface area contributed by atoms with Crippen LogP contribution in [0.15, 0.2) is 46.2 Å². The number of amides is 1. The Morgan fingerprint density at radius 3 is 2.92 bits per heavy atom. The zero-order chi connectivity index (χ0) is 17.4. The molecule has 1 aliphatic heterocycles. The molecule has 4 rings (SSSR count). The van der Waals surface area contributed by atoms with Gasteiger partial charge in [0, 0.05) is 26.8 Å². The van der Waals surface area contributed by atoms with Crippen LogP contribution in [-0.4, -0.2) is 11.9 Å². The van der Waals surface area contributed by atoms with Crippen LogP contribution < -0.4 is 16.4 Å². The zero-order valence-electron chi connectivity index (χ0n) is 13.7. The van der Waals surface area contributed by atoms with Crippen LogP contribution in [0.2, 0.25) is 5.02 Å². The smallest absolute Gasteiger partial charge is 0.227 e. The van der Waals surface area contributed by atoms with E-state index in [1.165, 1.54) is 0 Å². The van der Waals surface area contributed by atoms with Crippen molar-refractivity contribution in [3.63, 3.8) is 0 Å². The second-order valence-electron chi connectivity index (χ2n) is 6.66. The molecule has 130 valence electrons. The van der Waals surface area contributed by atoms with Crippen LogP contribution in [0.4, 0.5) is 17.1 Å². The lowest BCUT2D eigenvalue weighted by molar-refractivity contribution is -0.120. The fourth-order valence-corrected chi connectivity index (χ4v) is 4.85. The van der Waals surface area contributed by atoms with Crippen molar-refractivity contribution in [2.45, 2.75) is 41.5 Å². The first-order chi connectivity index (χ1) is 12.1. The van der Waals surface area contributed by atoms with Crippen molar-refractivity contribution in [1.82, 2.24) is 0 Å². The molecule has 25 heavy (non-hydrogen) atoms. The number of anilines is 3. The second-order valence-corrected chi connectivity index (χ2v) is 8.18. The zero-order valence-corrected chi connectivity index (χ0v) is 15.3. The minimum atomic E-state index is -0.0260. The van der Waals surface area contributed by atoms with E-state index in [9.17, 15) is 4.79 Å². The first-order valence-corrected chi connectivity index (χ1v) is 9.73. The molecule has 1 heterocycles. The van der Waals surface area contributed by atoms with Crippen molar-refractivity contribution in [2.24, 2.45) is 11.7 Å². The highest BCUT2D eigenvalue weighted by Crippen LogP contribution is 2.48. The van der Waals surface area contributed by atoms with Crippen molar-refractivity contribution in [1.29, 1.82) is 0 Å². The van der Waals surface area contributed by atoms with E-state index in [1.807, 2.05) is 30.3 Å². The summed E-state index contributed by atoms with van der Waals surface area (Å²) in [6.45, 7) is 0. The standard InChI is InChI=1S/C19H20ClN3OS/c20-12-9-15(23-19(24)11-4-3-5-13(21)8-11)18-17(10-12)25-16-7-2-1-6-14(16)22-18/h1-2,6-7,9-11,13,22H,3-5,8,21H2,(H,23,24). The van der Waals surface area contributed by atoms with Crippen LogP contribution in [0.5, 0.6) is 0 Å². The van der Waals surface area contributed by atoms with Gasteiger partial charge in [-0.2, -0.15) is 0 Å². The quantitative estimate of drug-likeness (QED) is 0.591. The molecule has 2 aliphatic rings. The minimum Gasteiger partial charge on any atom is -0.352 e. The minimum absolute atomic E-state index is 0.0260. The topological polar surface area (TPSA) is 67.2 Å². The lowest BCUT2D eigenvalue weighted by Gasteiger charge is -2.27. The molecular formula is C19H20ClN3OS. The van der Waals surface area contributed by atoms with Gasteiger partial charge in [0.1, 0.15) is 0 Å². The number of carbonyl (C=O) groups is 1. The highest BCUT2D eigenvalue weighted by atomic mass is 35.5. The predicted molar refractivity (Wildman–Crippen MR) is 104 cm³/mol. The Morgan fingerprint density at radius 2 is 2.08 bits per heavy atom. The van der Waals surface area contributed by atoms with Gasteiger partial charge in [0.05, 0.1) is 17.1 Å². The number of hydrogen-bond donors (Lipinski definition) is 3. The van der Waals surface area contributed by atoms with Crippen LogP contribution in [-0.2, 0) is 4.79 Å². The molecular weight excluding hydrogens is 354 g/mol. The average Bonchev–Trinajstić information content (AvgIpc) is 2.60. The van der Waals surface area contributed by atoms with Gasteiger partial charge in [-0.3, -0.25) is 4.79 Å². The Bertz CT molecular complexity index is 826. The maximum atomic E-state index is 12.7.